The van der Waals surface area contributed by atoms with E-state index in [0.29, 0.717) is 37.3 Å². The Morgan fingerprint density at radius 2 is 1.82 bits per heavy atom. The summed E-state index contributed by atoms with van der Waals surface area (Å²) < 4.78 is 46.9. The minimum atomic E-state index is -4.69. The van der Waals surface area contributed by atoms with Crippen molar-refractivity contribution in [3.8, 4) is 5.75 Å². The number of nitrogens with one attached hydrogen (secondary N) is 1. The molecule has 9 heteroatoms. The van der Waals surface area contributed by atoms with Crippen LogP contribution in [0.5, 0.6) is 5.75 Å². The quantitative estimate of drug-likeness (QED) is 0.379. The summed E-state index contributed by atoms with van der Waals surface area (Å²) in [5.74, 6) is -0.531. The molecule has 200 valence electrons. The van der Waals surface area contributed by atoms with Gasteiger partial charge in [-0.1, -0.05) is 30.3 Å². The van der Waals surface area contributed by atoms with E-state index in [1.807, 2.05) is 18.3 Å². The summed E-state index contributed by atoms with van der Waals surface area (Å²) in [7, 11) is 0. The molecule has 1 aromatic heterocycles. The molecule has 0 bridgehead atoms. The number of halogens is 3. The van der Waals surface area contributed by atoms with Gasteiger partial charge in [-0.15, -0.1) is 0 Å². The van der Waals surface area contributed by atoms with Gasteiger partial charge in [0.25, 0.3) is 5.91 Å². The maximum Gasteiger partial charge on any atom is 0.417 e. The lowest BCUT2D eigenvalue weighted by Crippen LogP contribution is -2.48. The zero-order chi connectivity index (χ0) is 27.0. The SMILES string of the molecule is O=C1NCCCC[C@@H]1N(Cc1ccc(OCCCc2cccnc2)cc1)C(=O)c1ccccc1C(F)(F)F. The molecule has 0 saturated carbocycles. The molecule has 1 atom stereocenters. The smallest absolute Gasteiger partial charge is 0.417 e. The highest BCUT2D eigenvalue weighted by Gasteiger charge is 2.38. The minimum absolute atomic E-state index is 0.00953. The highest BCUT2D eigenvalue weighted by atomic mass is 19.4. The van der Waals surface area contributed by atoms with Gasteiger partial charge in [0.05, 0.1) is 17.7 Å². The topological polar surface area (TPSA) is 71.5 Å². The Morgan fingerprint density at radius 1 is 1.03 bits per heavy atom. The van der Waals surface area contributed by atoms with Gasteiger partial charge < -0.3 is 15.0 Å². The second-order valence-corrected chi connectivity index (χ2v) is 9.24. The summed E-state index contributed by atoms with van der Waals surface area (Å²) in [6, 6.07) is 14.8. The molecular weight excluding hydrogens is 495 g/mol. The number of ether oxygens (including phenoxy) is 1. The summed E-state index contributed by atoms with van der Waals surface area (Å²) in [5.41, 5.74) is 0.332. The summed E-state index contributed by atoms with van der Waals surface area (Å²) in [6.07, 6.45) is 2.31. The standard InChI is InChI=1S/C29H30F3N3O3/c30-29(31,32)25-10-2-1-9-24(25)28(37)35(26-11-3-4-17-34-27(26)36)20-22-12-14-23(15-13-22)38-18-6-8-21-7-5-16-33-19-21/h1-2,5,7,9-10,12-16,19,26H,3-4,6,8,11,17-18,20H2,(H,34,36)/t26-/m0/s1. The van der Waals surface area contributed by atoms with Crippen molar-refractivity contribution in [2.24, 2.45) is 0 Å². The van der Waals surface area contributed by atoms with Gasteiger partial charge >= 0.3 is 6.18 Å². The largest absolute Gasteiger partial charge is 0.494 e. The molecule has 1 saturated heterocycles. The lowest BCUT2D eigenvalue weighted by Gasteiger charge is -2.31. The fraction of sp³-hybridized carbons (Fsp3) is 0.345. The van der Waals surface area contributed by atoms with Crippen molar-refractivity contribution in [2.75, 3.05) is 13.2 Å². The number of carbonyl (C=O) groups is 2. The molecule has 0 unspecified atom stereocenters. The van der Waals surface area contributed by atoms with Gasteiger partial charge in [-0.05, 0) is 73.6 Å². The van der Waals surface area contributed by atoms with Crippen LogP contribution in [0.25, 0.3) is 0 Å². The molecule has 3 aromatic rings. The molecule has 0 radical (unpaired) electrons. The Balaban J connectivity index is 1.49. The third-order valence-electron chi connectivity index (χ3n) is 6.48. The van der Waals surface area contributed by atoms with E-state index in [4.69, 9.17) is 4.74 Å². The highest BCUT2D eigenvalue weighted by Crippen LogP contribution is 2.33. The maximum absolute atomic E-state index is 13.7. The summed E-state index contributed by atoms with van der Waals surface area (Å²) in [4.78, 5) is 31.7. The molecule has 38 heavy (non-hydrogen) atoms. The van der Waals surface area contributed by atoms with E-state index >= 15 is 0 Å². The van der Waals surface area contributed by atoms with E-state index in [9.17, 15) is 22.8 Å². The number of benzene rings is 2. The number of nitrogens with zero attached hydrogens (tertiary/aromatic N) is 2. The van der Waals surface area contributed by atoms with Crippen LogP contribution in [0.15, 0.2) is 73.1 Å². The normalized spacial score (nSPS) is 15.9. The first-order valence-corrected chi connectivity index (χ1v) is 12.7. The Labute approximate surface area is 219 Å². The zero-order valence-electron chi connectivity index (χ0n) is 20.9. The van der Waals surface area contributed by atoms with Gasteiger partial charge in [0.1, 0.15) is 11.8 Å². The minimum Gasteiger partial charge on any atom is -0.494 e. The molecule has 1 aliphatic heterocycles. The van der Waals surface area contributed by atoms with Crippen molar-refractivity contribution in [1.29, 1.82) is 0 Å². The Hall–Kier alpha value is -3.88. The van der Waals surface area contributed by atoms with Gasteiger partial charge in [-0.2, -0.15) is 13.2 Å². The number of carbonyl (C=O) groups excluding carboxylic acids is 2. The number of pyridine rings is 1. The molecule has 6 nitrogen and oxygen atoms in total. The third kappa shape index (κ3) is 7.12. The van der Waals surface area contributed by atoms with E-state index in [1.54, 1.807) is 30.5 Å². The van der Waals surface area contributed by atoms with E-state index in [1.165, 1.54) is 17.0 Å². The molecule has 0 aliphatic carbocycles. The molecule has 2 aromatic carbocycles. The van der Waals surface area contributed by atoms with Crippen LogP contribution < -0.4 is 10.1 Å². The molecule has 1 aliphatic rings. The van der Waals surface area contributed by atoms with Gasteiger partial charge in [0.2, 0.25) is 5.91 Å². The summed E-state index contributed by atoms with van der Waals surface area (Å²) in [5, 5.41) is 2.78. The van der Waals surface area contributed by atoms with Crippen molar-refractivity contribution in [3.63, 3.8) is 0 Å². The van der Waals surface area contributed by atoms with Crippen molar-refractivity contribution in [1.82, 2.24) is 15.2 Å². The number of amides is 2. The third-order valence-corrected chi connectivity index (χ3v) is 6.48. The van der Waals surface area contributed by atoms with Gasteiger partial charge in [0.15, 0.2) is 0 Å². The van der Waals surface area contributed by atoms with Crippen LogP contribution in [0.3, 0.4) is 0 Å². The predicted octanol–water partition coefficient (Wildman–Crippen LogP) is 5.42. The van der Waals surface area contributed by atoms with Crippen molar-refractivity contribution in [2.45, 2.75) is 50.9 Å². The molecule has 0 spiro atoms. The number of rotatable bonds is 9. The first-order valence-electron chi connectivity index (χ1n) is 12.7. The van der Waals surface area contributed by atoms with Crippen LogP contribution in [0.1, 0.15) is 52.7 Å². The molecule has 2 amide bonds. The van der Waals surface area contributed by atoms with Gasteiger partial charge in [-0.3, -0.25) is 14.6 Å². The average Bonchev–Trinajstić information content (AvgIpc) is 3.14. The van der Waals surface area contributed by atoms with Crippen molar-refractivity contribution < 1.29 is 27.5 Å². The Bertz CT molecular complexity index is 1220. The van der Waals surface area contributed by atoms with Gasteiger partial charge in [-0.25, -0.2) is 0 Å². The fourth-order valence-corrected chi connectivity index (χ4v) is 4.52. The van der Waals surface area contributed by atoms with Crippen LogP contribution in [0.2, 0.25) is 0 Å². The van der Waals surface area contributed by atoms with Crippen molar-refractivity contribution in [3.05, 3.63) is 95.3 Å². The summed E-state index contributed by atoms with van der Waals surface area (Å²) >= 11 is 0. The molecular formula is C29H30F3N3O3. The molecule has 4 rings (SSSR count). The number of alkyl halides is 3. The van der Waals surface area contributed by atoms with E-state index in [0.717, 1.165) is 37.0 Å². The lowest BCUT2D eigenvalue weighted by atomic mass is 10.0. The van der Waals surface area contributed by atoms with E-state index in [2.05, 4.69) is 10.3 Å². The molecule has 1 N–H and O–H groups in total. The predicted molar refractivity (Wildman–Crippen MR) is 136 cm³/mol. The Morgan fingerprint density at radius 3 is 2.55 bits per heavy atom. The first-order chi connectivity index (χ1) is 18.3. The highest BCUT2D eigenvalue weighted by molar-refractivity contribution is 5.99. The first kappa shape index (κ1) is 27.2. The second kappa shape index (κ2) is 12.6. The molecule has 1 fully saturated rings. The van der Waals surface area contributed by atoms with Crippen LogP contribution in [0, 0.1) is 0 Å². The van der Waals surface area contributed by atoms with Gasteiger partial charge in [0, 0.05) is 25.5 Å². The molecule has 2 heterocycles. The zero-order valence-corrected chi connectivity index (χ0v) is 20.9. The summed E-state index contributed by atoms with van der Waals surface area (Å²) in [6.45, 7) is 0.975. The number of aromatic nitrogens is 1. The van der Waals surface area contributed by atoms with Crippen LogP contribution in [-0.2, 0) is 23.9 Å². The van der Waals surface area contributed by atoms with Crippen LogP contribution in [-0.4, -0.2) is 40.9 Å². The average molecular weight is 526 g/mol. The van der Waals surface area contributed by atoms with Crippen LogP contribution >= 0.6 is 0 Å². The Kier molecular flexibility index (Phi) is 8.99. The van der Waals surface area contributed by atoms with Crippen LogP contribution in [0.4, 0.5) is 13.2 Å². The second-order valence-electron chi connectivity index (χ2n) is 9.24. The number of hydrogen-bond acceptors (Lipinski definition) is 4. The number of aryl methyl sites for hydroxylation is 1. The van der Waals surface area contributed by atoms with E-state index in [-0.39, 0.29) is 12.5 Å². The lowest BCUT2D eigenvalue weighted by molar-refractivity contribution is -0.138. The maximum atomic E-state index is 13.7. The number of hydrogen-bond donors (Lipinski definition) is 1. The van der Waals surface area contributed by atoms with E-state index < -0.39 is 29.3 Å². The van der Waals surface area contributed by atoms with Crippen molar-refractivity contribution >= 4 is 11.8 Å². The monoisotopic (exact) mass is 525 g/mol. The fourth-order valence-electron chi connectivity index (χ4n) is 4.52.